The van der Waals surface area contributed by atoms with Crippen LogP contribution in [0.3, 0.4) is 0 Å². The predicted molar refractivity (Wildman–Crippen MR) is 61.3 cm³/mol. The van der Waals surface area contributed by atoms with Gasteiger partial charge in [0.15, 0.2) is 0 Å². The lowest BCUT2D eigenvalue weighted by molar-refractivity contribution is -0.141. The molecule has 2 nitrogen and oxygen atoms in total. The van der Waals surface area contributed by atoms with Crippen LogP contribution in [0.1, 0.15) is 25.3 Å². The first-order valence-corrected chi connectivity index (χ1v) is 5.14. The van der Waals surface area contributed by atoms with Crippen molar-refractivity contribution in [3.63, 3.8) is 0 Å². The summed E-state index contributed by atoms with van der Waals surface area (Å²) >= 11 is 0. The van der Waals surface area contributed by atoms with Gasteiger partial charge < -0.3 is 4.74 Å². The van der Waals surface area contributed by atoms with Crippen molar-refractivity contribution < 1.29 is 9.53 Å². The van der Waals surface area contributed by atoms with E-state index in [1.807, 2.05) is 18.2 Å². The fourth-order valence-electron chi connectivity index (χ4n) is 1.20. The number of carbonyl (C=O) groups excluding carboxylic acids is 1. The summed E-state index contributed by atoms with van der Waals surface area (Å²) in [6.07, 6.45) is 5.98. The van der Waals surface area contributed by atoms with E-state index in [9.17, 15) is 4.79 Å². The number of allylic oxidation sites excluding steroid dienone is 1. The van der Waals surface area contributed by atoms with Gasteiger partial charge in [0.2, 0.25) is 0 Å². The topological polar surface area (TPSA) is 26.3 Å². The second kappa shape index (κ2) is 6.82. The number of unbranched alkanes of at least 4 members (excludes halogenated alkanes) is 1. The number of hydrogen-bond acceptors (Lipinski definition) is 2. The van der Waals surface area contributed by atoms with E-state index < -0.39 is 0 Å². The van der Waals surface area contributed by atoms with Gasteiger partial charge in [-0.15, -0.1) is 0 Å². The highest BCUT2D eigenvalue weighted by atomic mass is 16.5. The van der Waals surface area contributed by atoms with E-state index in [0.717, 1.165) is 12.8 Å². The number of esters is 1. The molecule has 1 aromatic carbocycles. The van der Waals surface area contributed by atoms with Crippen LogP contribution in [0, 0.1) is 0 Å². The van der Waals surface area contributed by atoms with Crippen LogP contribution in [0.4, 0.5) is 0 Å². The molecule has 1 aromatic rings. The van der Waals surface area contributed by atoms with Gasteiger partial charge in [-0.1, -0.05) is 42.5 Å². The van der Waals surface area contributed by atoms with Gasteiger partial charge >= 0.3 is 5.97 Å². The summed E-state index contributed by atoms with van der Waals surface area (Å²) in [5, 5.41) is 0. The zero-order valence-corrected chi connectivity index (χ0v) is 8.98. The lowest BCUT2D eigenvalue weighted by atomic mass is 10.2. The Morgan fingerprint density at radius 3 is 2.73 bits per heavy atom. The monoisotopic (exact) mass is 204 g/mol. The average Bonchev–Trinajstić information content (AvgIpc) is 2.24. The molecule has 0 aromatic heterocycles. The fourth-order valence-corrected chi connectivity index (χ4v) is 1.20. The summed E-state index contributed by atoms with van der Waals surface area (Å²) < 4.78 is 4.82. The second-order valence-electron chi connectivity index (χ2n) is 3.30. The molecule has 0 unspecified atom stereocenters. The smallest absolute Gasteiger partial charge is 0.302 e. The Morgan fingerprint density at radius 1 is 1.33 bits per heavy atom. The Morgan fingerprint density at radius 2 is 2.07 bits per heavy atom. The summed E-state index contributed by atoms with van der Waals surface area (Å²) in [6, 6.07) is 10.1. The molecule has 0 saturated carbocycles. The molecule has 0 spiro atoms. The molecular weight excluding hydrogens is 188 g/mol. The van der Waals surface area contributed by atoms with Gasteiger partial charge in [0.25, 0.3) is 0 Å². The minimum Gasteiger partial charge on any atom is -0.466 e. The number of benzene rings is 1. The average molecular weight is 204 g/mol. The molecule has 0 N–H and O–H groups in total. The summed E-state index contributed by atoms with van der Waals surface area (Å²) in [7, 11) is 0. The molecule has 15 heavy (non-hydrogen) atoms. The fraction of sp³-hybridized carbons (Fsp3) is 0.308. The summed E-state index contributed by atoms with van der Waals surface area (Å²) in [4.78, 5) is 10.5. The molecule has 80 valence electrons. The second-order valence-corrected chi connectivity index (χ2v) is 3.30. The largest absolute Gasteiger partial charge is 0.466 e. The van der Waals surface area contributed by atoms with Crippen molar-refractivity contribution in [3.05, 3.63) is 42.0 Å². The highest BCUT2D eigenvalue weighted by molar-refractivity contribution is 5.65. The number of ether oxygens (including phenoxy) is 1. The SMILES string of the molecule is CC(=O)OCCC/C=C/c1ccccc1. The van der Waals surface area contributed by atoms with Gasteiger partial charge in [-0.25, -0.2) is 0 Å². The van der Waals surface area contributed by atoms with Crippen LogP contribution in [0.2, 0.25) is 0 Å². The lowest BCUT2D eigenvalue weighted by Gasteiger charge is -1.98. The van der Waals surface area contributed by atoms with Crippen molar-refractivity contribution in [1.82, 2.24) is 0 Å². The first-order valence-electron chi connectivity index (χ1n) is 5.14. The van der Waals surface area contributed by atoms with Gasteiger partial charge in [0.05, 0.1) is 6.61 Å². The minimum atomic E-state index is -0.206. The molecule has 0 aliphatic heterocycles. The van der Waals surface area contributed by atoms with Gasteiger partial charge in [0.1, 0.15) is 0 Å². The highest BCUT2D eigenvalue weighted by Gasteiger charge is 1.90. The highest BCUT2D eigenvalue weighted by Crippen LogP contribution is 2.02. The van der Waals surface area contributed by atoms with Crippen LogP contribution >= 0.6 is 0 Å². The van der Waals surface area contributed by atoms with Crippen LogP contribution in [-0.4, -0.2) is 12.6 Å². The Labute approximate surface area is 90.6 Å². The maximum absolute atomic E-state index is 10.5. The molecule has 0 atom stereocenters. The summed E-state index contributed by atoms with van der Waals surface area (Å²) in [5.41, 5.74) is 1.20. The maximum Gasteiger partial charge on any atom is 0.302 e. The van der Waals surface area contributed by atoms with Gasteiger partial charge in [0, 0.05) is 6.92 Å². The number of rotatable bonds is 5. The van der Waals surface area contributed by atoms with E-state index >= 15 is 0 Å². The van der Waals surface area contributed by atoms with Crippen LogP contribution in [0.5, 0.6) is 0 Å². The van der Waals surface area contributed by atoms with E-state index in [4.69, 9.17) is 4.74 Å². The van der Waals surface area contributed by atoms with Crippen molar-refractivity contribution in [1.29, 1.82) is 0 Å². The Hall–Kier alpha value is -1.57. The molecule has 2 heteroatoms. The summed E-state index contributed by atoms with van der Waals surface area (Å²) in [6.45, 7) is 1.94. The molecule has 0 aliphatic carbocycles. The van der Waals surface area contributed by atoms with Crippen LogP contribution in [-0.2, 0) is 9.53 Å². The van der Waals surface area contributed by atoms with E-state index in [0.29, 0.717) is 6.61 Å². The number of hydrogen-bond donors (Lipinski definition) is 0. The van der Waals surface area contributed by atoms with E-state index in [1.54, 1.807) is 0 Å². The lowest BCUT2D eigenvalue weighted by Crippen LogP contribution is -1.99. The molecule has 1 rings (SSSR count). The van der Waals surface area contributed by atoms with Crippen LogP contribution in [0.15, 0.2) is 36.4 Å². The van der Waals surface area contributed by atoms with Crippen LogP contribution < -0.4 is 0 Å². The van der Waals surface area contributed by atoms with E-state index in [2.05, 4.69) is 24.3 Å². The molecule has 0 radical (unpaired) electrons. The zero-order chi connectivity index (χ0) is 10.9. The molecular formula is C13H16O2. The van der Waals surface area contributed by atoms with Crippen molar-refractivity contribution in [2.75, 3.05) is 6.61 Å². The maximum atomic E-state index is 10.5. The Kier molecular flexibility index (Phi) is 5.23. The molecule has 0 heterocycles. The molecule has 0 fully saturated rings. The van der Waals surface area contributed by atoms with Gasteiger partial charge in [-0.05, 0) is 18.4 Å². The van der Waals surface area contributed by atoms with Gasteiger partial charge in [-0.2, -0.15) is 0 Å². The predicted octanol–water partition coefficient (Wildman–Crippen LogP) is 3.04. The Bertz CT molecular complexity index is 315. The third-order valence-electron chi connectivity index (χ3n) is 1.93. The minimum absolute atomic E-state index is 0.206. The third kappa shape index (κ3) is 5.68. The zero-order valence-electron chi connectivity index (χ0n) is 8.98. The van der Waals surface area contributed by atoms with Crippen molar-refractivity contribution in [3.8, 4) is 0 Å². The molecule has 0 amide bonds. The quantitative estimate of drug-likeness (QED) is 0.544. The third-order valence-corrected chi connectivity index (χ3v) is 1.93. The molecule has 0 aliphatic rings. The number of carbonyl (C=O) groups is 1. The Balaban J connectivity index is 2.15. The van der Waals surface area contributed by atoms with Crippen molar-refractivity contribution in [2.45, 2.75) is 19.8 Å². The van der Waals surface area contributed by atoms with E-state index in [-0.39, 0.29) is 5.97 Å². The first-order chi connectivity index (χ1) is 7.29. The van der Waals surface area contributed by atoms with E-state index in [1.165, 1.54) is 12.5 Å². The standard InChI is InChI=1S/C13H16O2/c1-12(14)15-11-7-3-6-10-13-8-4-2-5-9-13/h2,4-6,8-10H,3,7,11H2,1H3/b10-6+. The first kappa shape index (κ1) is 11.5. The molecule has 0 bridgehead atoms. The normalized spacial score (nSPS) is 10.5. The van der Waals surface area contributed by atoms with Gasteiger partial charge in [-0.3, -0.25) is 4.79 Å². The van der Waals surface area contributed by atoms with Crippen molar-refractivity contribution in [2.24, 2.45) is 0 Å². The summed E-state index contributed by atoms with van der Waals surface area (Å²) in [5.74, 6) is -0.206. The van der Waals surface area contributed by atoms with Crippen molar-refractivity contribution >= 4 is 12.0 Å². The molecule has 0 saturated heterocycles. The van der Waals surface area contributed by atoms with Crippen LogP contribution in [0.25, 0.3) is 6.08 Å².